The van der Waals surface area contributed by atoms with Crippen LogP contribution in [0.4, 0.5) is 0 Å². The van der Waals surface area contributed by atoms with Gasteiger partial charge in [0.25, 0.3) is 0 Å². The molecule has 2 saturated carbocycles. The van der Waals surface area contributed by atoms with Crippen LogP contribution in [0.5, 0.6) is 17.2 Å². The van der Waals surface area contributed by atoms with Crippen LogP contribution in [-0.2, 0) is 15.4 Å². The molecule has 2 aromatic rings. The lowest BCUT2D eigenvalue weighted by atomic mass is 9.46. The molecule has 0 aromatic heterocycles. The molecule has 2 spiro atoms. The van der Waals surface area contributed by atoms with Crippen LogP contribution in [0.3, 0.4) is 0 Å². The molecule has 0 amide bonds. The lowest BCUT2D eigenvalue weighted by Gasteiger charge is -2.68. The first-order chi connectivity index (χ1) is 13.2. The first kappa shape index (κ1) is 14.7. The molecule has 3 unspecified atom stereocenters. The van der Waals surface area contributed by atoms with Crippen LogP contribution in [0.25, 0.3) is 0 Å². The summed E-state index contributed by atoms with van der Waals surface area (Å²) < 4.78 is 6.17. The minimum Gasteiger partial charge on any atom is -0.508 e. The summed E-state index contributed by atoms with van der Waals surface area (Å²) in [6, 6.07) is 13.5. The minimum atomic E-state index is -0.659. The maximum atomic E-state index is 10.0. The van der Waals surface area contributed by atoms with Crippen molar-refractivity contribution >= 4 is 0 Å². The number of fused-ring (bicyclic) bond motifs is 4. The molecule has 2 heterocycles. The molecular weight excluding hydrogens is 340 g/mol. The molecule has 3 fully saturated rings. The van der Waals surface area contributed by atoms with E-state index in [1.54, 1.807) is 17.7 Å². The number of phenolic OH excluding ortho intramolecular Hbond substituents is 1. The van der Waals surface area contributed by atoms with Crippen molar-refractivity contribution in [3.63, 3.8) is 0 Å². The Balaban J connectivity index is 1.52. The van der Waals surface area contributed by atoms with Crippen LogP contribution in [0.2, 0.25) is 0 Å². The van der Waals surface area contributed by atoms with Crippen molar-refractivity contribution in [3.8, 4) is 17.2 Å². The van der Waals surface area contributed by atoms with E-state index in [-0.39, 0.29) is 11.4 Å². The number of hydrogen-bond donors (Lipinski definition) is 1. The summed E-state index contributed by atoms with van der Waals surface area (Å²) in [5.74, 6) is 3.27. The standard InChI is InChI=1S/C23H20O4/c24-17-5-6-19-21(12-17)25-20-4-2-1-3-18(20)23(19)22(26-27-23)15-8-13-7-14(10-15)11-16(22)9-13/h1-7,12-13,15-16,24H,8-11H2. The van der Waals surface area contributed by atoms with Crippen LogP contribution >= 0.6 is 0 Å². The summed E-state index contributed by atoms with van der Waals surface area (Å²) in [6.45, 7) is 0. The van der Waals surface area contributed by atoms with Crippen molar-refractivity contribution in [2.75, 3.05) is 0 Å². The van der Waals surface area contributed by atoms with Crippen LogP contribution in [0.1, 0.15) is 36.8 Å². The lowest BCUT2D eigenvalue weighted by Crippen LogP contribution is -2.75. The Morgan fingerprint density at radius 3 is 2.41 bits per heavy atom. The van der Waals surface area contributed by atoms with Gasteiger partial charge in [0.2, 0.25) is 0 Å². The molecule has 3 atom stereocenters. The van der Waals surface area contributed by atoms with Crippen molar-refractivity contribution in [3.05, 3.63) is 65.2 Å². The molecule has 6 aliphatic rings. The van der Waals surface area contributed by atoms with Gasteiger partial charge in [0.1, 0.15) is 17.2 Å². The molecule has 27 heavy (non-hydrogen) atoms. The van der Waals surface area contributed by atoms with Crippen molar-refractivity contribution in [2.24, 2.45) is 17.8 Å². The van der Waals surface area contributed by atoms with E-state index in [1.165, 1.54) is 12.8 Å². The second kappa shape index (κ2) is 4.57. The van der Waals surface area contributed by atoms with Crippen molar-refractivity contribution in [1.82, 2.24) is 0 Å². The second-order valence-electron chi connectivity index (χ2n) is 8.78. The largest absolute Gasteiger partial charge is 0.508 e. The van der Waals surface area contributed by atoms with Gasteiger partial charge < -0.3 is 9.84 Å². The fourth-order valence-corrected chi connectivity index (χ4v) is 6.74. The summed E-state index contributed by atoms with van der Waals surface area (Å²) in [5.41, 5.74) is 2.62. The third-order valence-corrected chi connectivity index (χ3v) is 7.56. The highest BCUT2D eigenvalue weighted by Crippen LogP contribution is 2.72. The molecule has 8 rings (SSSR count). The number of aromatic hydroxyl groups is 1. The highest BCUT2D eigenvalue weighted by Gasteiger charge is 2.77. The fraction of sp³-hybridized carbons (Fsp3) is 0.391. The number of benzene rings is 2. The number of para-hydroxylation sites is 1. The zero-order chi connectivity index (χ0) is 17.8. The average Bonchev–Trinajstić information content (AvgIpc) is 2.64. The van der Waals surface area contributed by atoms with Crippen molar-refractivity contribution in [1.29, 1.82) is 0 Å². The van der Waals surface area contributed by atoms with Gasteiger partial charge >= 0.3 is 0 Å². The van der Waals surface area contributed by atoms with Gasteiger partial charge in [-0.15, -0.1) is 0 Å². The summed E-state index contributed by atoms with van der Waals surface area (Å²) in [5, 5.41) is 10.0. The van der Waals surface area contributed by atoms with Crippen molar-refractivity contribution < 1.29 is 19.6 Å². The summed E-state index contributed by atoms with van der Waals surface area (Å²) in [7, 11) is 0. The van der Waals surface area contributed by atoms with Gasteiger partial charge in [0, 0.05) is 17.2 Å². The molecule has 2 aliphatic heterocycles. The number of ether oxygens (including phenoxy) is 1. The van der Waals surface area contributed by atoms with Gasteiger partial charge in [0.15, 0.2) is 11.2 Å². The maximum Gasteiger partial charge on any atom is 0.193 e. The predicted molar refractivity (Wildman–Crippen MR) is 97.3 cm³/mol. The van der Waals surface area contributed by atoms with Gasteiger partial charge in [-0.3, -0.25) is 0 Å². The highest BCUT2D eigenvalue weighted by atomic mass is 17.3. The minimum absolute atomic E-state index is 0.202. The van der Waals surface area contributed by atoms with Crippen LogP contribution in [-0.4, -0.2) is 10.7 Å². The van der Waals surface area contributed by atoms with E-state index in [4.69, 9.17) is 14.5 Å². The number of rotatable bonds is 0. The Hall–Kier alpha value is -2.30. The molecule has 4 bridgehead atoms. The molecule has 1 saturated heterocycles. The molecule has 2 aromatic carbocycles. The Kier molecular flexibility index (Phi) is 2.49. The van der Waals surface area contributed by atoms with E-state index in [0.717, 1.165) is 29.7 Å². The summed E-state index contributed by atoms with van der Waals surface area (Å²) in [4.78, 5) is 12.3. The maximum absolute atomic E-state index is 10.0. The highest BCUT2D eigenvalue weighted by molar-refractivity contribution is 5.61. The van der Waals surface area contributed by atoms with E-state index < -0.39 is 5.60 Å². The monoisotopic (exact) mass is 360 g/mol. The number of allylic oxidation sites excluding steroid dienone is 2. The topological polar surface area (TPSA) is 47.9 Å². The Labute approximate surface area is 157 Å². The first-order valence-corrected chi connectivity index (χ1v) is 9.88. The quantitative estimate of drug-likeness (QED) is 0.541. The fourth-order valence-electron chi connectivity index (χ4n) is 6.74. The Bertz CT molecular complexity index is 1010. The van der Waals surface area contributed by atoms with E-state index in [2.05, 4.69) is 12.1 Å². The van der Waals surface area contributed by atoms with Crippen LogP contribution in [0, 0.1) is 17.8 Å². The Morgan fingerprint density at radius 1 is 0.889 bits per heavy atom. The van der Waals surface area contributed by atoms with E-state index in [0.29, 0.717) is 23.5 Å². The molecule has 4 heteroatoms. The molecule has 0 radical (unpaired) electrons. The van der Waals surface area contributed by atoms with Crippen LogP contribution in [0.15, 0.2) is 54.1 Å². The molecule has 136 valence electrons. The second-order valence-corrected chi connectivity index (χ2v) is 8.78. The van der Waals surface area contributed by atoms with Gasteiger partial charge in [-0.05, 0) is 61.6 Å². The smallest absolute Gasteiger partial charge is 0.193 e. The van der Waals surface area contributed by atoms with Gasteiger partial charge in [0.05, 0.1) is 0 Å². The molecule has 4 aliphatic carbocycles. The Morgan fingerprint density at radius 2 is 1.67 bits per heavy atom. The van der Waals surface area contributed by atoms with Gasteiger partial charge in [-0.1, -0.05) is 29.8 Å². The predicted octanol–water partition coefficient (Wildman–Crippen LogP) is 4.82. The third-order valence-electron chi connectivity index (χ3n) is 7.56. The SMILES string of the molecule is Oc1ccc2c(c1)Oc1ccccc1C21OOC12C1CC3=CC(C1)CC2C3. The normalized spacial score (nSPS) is 39.6. The number of phenols is 1. The first-order valence-electron chi connectivity index (χ1n) is 9.88. The van der Waals surface area contributed by atoms with Gasteiger partial charge in [-0.2, -0.15) is 0 Å². The zero-order valence-corrected chi connectivity index (χ0v) is 14.9. The lowest BCUT2D eigenvalue weighted by molar-refractivity contribution is -0.579. The zero-order valence-electron chi connectivity index (χ0n) is 14.9. The van der Waals surface area contributed by atoms with E-state index >= 15 is 0 Å². The van der Waals surface area contributed by atoms with Crippen LogP contribution < -0.4 is 4.74 Å². The summed E-state index contributed by atoms with van der Waals surface area (Å²) in [6.07, 6.45) is 7.06. The third kappa shape index (κ3) is 1.52. The average molecular weight is 360 g/mol. The number of hydrogen-bond acceptors (Lipinski definition) is 4. The van der Waals surface area contributed by atoms with E-state index in [9.17, 15) is 5.11 Å². The van der Waals surface area contributed by atoms with Gasteiger partial charge in [-0.25, -0.2) is 9.78 Å². The molecule has 4 nitrogen and oxygen atoms in total. The van der Waals surface area contributed by atoms with E-state index in [1.807, 2.05) is 24.3 Å². The summed E-state index contributed by atoms with van der Waals surface area (Å²) >= 11 is 0. The molecular formula is C23H20O4. The molecule has 1 N–H and O–H groups in total. The van der Waals surface area contributed by atoms with Crippen molar-refractivity contribution in [2.45, 2.75) is 36.9 Å².